The van der Waals surface area contributed by atoms with Crippen LogP contribution in [-0.4, -0.2) is 49.1 Å². The highest BCUT2D eigenvalue weighted by Crippen LogP contribution is 2.14. The molecule has 0 saturated carbocycles. The number of carbonyl (C=O) groups is 2. The van der Waals surface area contributed by atoms with Gasteiger partial charge in [-0.15, -0.1) is 0 Å². The second-order valence-electron chi connectivity index (χ2n) is 5.91. The van der Waals surface area contributed by atoms with E-state index in [2.05, 4.69) is 5.32 Å². The summed E-state index contributed by atoms with van der Waals surface area (Å²) < 4.78 is 10.9. The number of ether oxygens (including phenoxy) is 2. The maximum absolute atomic E-state index is 11.8. The standard InChI is InChI=1S/C19H22BNO6/c1-14-5-2-6-15(11-14)26-10-4-9-21-19(23)13-27-18-8-3-7-17(20(24)25)16(18)12-22/h2-3,5-8,11-12,24-25H,4,9-10,13H2,1H3,(H,21,23). The number of benzene rings is 2. The van der Waals surface area contributed by atoms with Gasteiger partial charge in [-0.3, -0.25) is 9.59 Å². The van der Waals surface area contributed by atoms with Crippen LogP contribution in [0.2, 0.25) is 0 Å². The van der Waals surface area contributed by atoms with Gasteiger partial charge in [0, 0.05) is 6.54 Å². The topological polar surface area (TPSA) is 105 Å². The summed E-state index contributed by atoms with van der Waals surface area (Å²) in [6, 6.07) is 12.1. The molecule has 0 bridgehead atoms. The van der Waals surface area contributed by atoms with Crippen molar-refractivity contribution in [1.82, 2.24) is 5.32 Å². The van der Waals surface area contributed by atoms with E-state index in [1.54, 1.807) is 0 Å². The average Bonchev–Trinajstić information content (AvgIpc) is 2.65. The Balaban J connectivity index is 1.72. The molecule has 0 aliphatic carbocycles. The van der Waals surface area contributed by atoms with E-state index < -0.39 is 7.12 Å². The third kappa shape index (κ3) is 6.43. The summed E-state index contributed by atoms with van der Waals surface area (Å²) in [6.45, 7) is 2.59. The number of nitrogens with one attached hydrogen (secondary N) is 1. The number of carbonyl (C=O) groups excluding carboxylic acids is 2. The van der Waals surface area contributed by atoms with E-state index in [-0.39, 0.29) is 29.3 Å². The van der Waals surface area contributed by atoms with Gasteiger partial charge < -0.3 is 24.8 Å². The molecule has 2 rings (SSSR count). The van der Waals surface area contributed by atoms with Crippen molar-refractivity contribution in [3.63, 3.8) is 0 Å². The summed E-state index contributed by atoms with van der Waals surface area (Å²) in [5.74, 6) is 0.558. The highest BCUT2D eigenvalue weighted by atomic mass is 16.5. The van der Waals surface area contributed by atoms with Crippen molar-refractivity contribution in [2.24, 2.45) is 0 Å². The largest absolute Gasteiger partial charge is 0.494 e. The summed E-state index contributed by atoms with van der Waals surface area (Å²) in [6.07, 6.45) is 1.09. The zero-order chi connectivity index (χ0) is 19.6. The number of hydrogen-bond acceptors (Lipinski definition) is 6. The van der Waals surface area contributed by atoms with E-state index in [4.69, 9.17) is 9.47 Å². The monoisotopic (exact) mass is 371 g/mol. The lowest BCUT2D eigenvalue weighted by molar-refractivity contribution is -0.123. The van der Waals surface area contributed by atoms with Crippen LogP contribution in [0.15, 0.2) is 42.5 Å². The molecule has 8 heteroatoms. The quantitative estimate of drug-likeness (QED) is 0.318. The predicted molar refractivity (Wildman–Crippen MR) is 101 cm³/mol. The Morgan fingerprint density at radius 2 is 1.96 bits per heavy atom. The first kappa shape index (κ1) is 20.5. The number of hydrogen-bond donors (Lipinski definition) is 3. The minimum absolute atomic E-state index is 0.00635. The molecule has 1 amide bonds. The Morgan fingerprint density at radius 3 is 2.67 bits per heavy atom. The first-order valence-corrected chi connectivity index (χ1v) is 8.54. The highest BCUT2D eigenvalue weighted by Gasteiger charge is 2.19. The molecule has 2 aromatic carbocycles. The first-order chi connectivity index (χ1) is 13.0. The van der Waals surface area contributed by atoms with Crippen LogP contribution >= 0.6 is 0 Å². The lowest BCUT2D eigenvalue weighted by atomic mass is 9.77. The highest BCUT2D eigenvalue weighted by molar-refractivity contribution is 6.60. The van der Waals surface area contributed by atoms with Crippen molar-refractivity contribution < 1.29 is 29.1 Å². The van der Waals surface area contributed by atoms with Gasteiger partial charge in [0.25, 0.3) is 5.91 Å². The second kappa shape index (κ2) is 10.3. The summed E-state index contributed by atoms with van der Waals surface area (Å²) in [5, 5.41) is 21.2. The van der Waals surface area contributed by atoms with Crippen LogP contribution in [0.3, 0.4) is 0 Å². The molecule has 0 radical (unpaired) electrons. The van der Waals surface area contributed by atoms with E-state index in [1.165, 1.54) is 18.2 Å². The van der Waals surface area contributed by atoms with Gasteiger partial charge >= 0.3 is 7.12 Å². The Labute approximate surface area is 158 Å². The smallest absolute Gasteiger partial charge is 0.489 e. The molecule has 0 atom stereocenters. The van der Waals surface area contributed by atoms with Gasteiger partial charge in [-0.25, -0.2) is 0 Å². The van der Waals surface area contributed by atoms with Crippen molar-refractivity contribution in [3.05, 3.63) is 53.6 Å². The molecule has 0 heterocycles. The molecule has 0 unspecified atom stereocenters. The van der Waals surface area contributed by atoms with Gasteiger partial charge in [0.05, 0.1) is 12.2 Å². The van der Waals surface area contributed by atoms with E-state index in [9.17, 15) is 19.6 Å². The fourth-order valence-electron chi connectivity index (χ4n) is 2.43. The molecule has 2 aromatic rings. The van der Waals surface area contributed by atoms with Crippen LogP contribution in [0.25, 0.3) is 0 Å². The van der Waals surface area contributed by atoms with E-state index in [0.717, 1.165) is 11.3 Å². The minimum Gasteiger partial charge on any atom is -0.494 e. The predicted octanol–water partition coefficient (Wildman–Crippen LogP) is 0.451. The molecule has 0 spiro atoms. The Bertz CT molecular complexity index is 781. The summed E-state index contributed by atoms with van der Waals surface area (Å²) in [7, 11) is -1.80. The number of rotatable bonds is 10. The SMILES string of the molecule is Cc1cccc(OCCCNC(=O)COc2cccc(B(O)O)c2C=O)c1. The van der Waals surface area contributed by atoms with Gasteiger partial charge in [0.1, 0.15) is 11.5 Å². The summed E-state index contributed by atoms with van der Waals surface area (Å²) in [5.41, 5.74) is 1.15. The van der Waals surface area contributed by atoms with Crippen LogP contribution in [0.1, 0.15) is 22.3 Å². The fourth-order valence-corrected chi connectivity index (χ4v) is 2.43. The molecular weight excluding hydrogens is 349 g/mol. The maximum atomic E-state index is 11.8. The van der Waals surface area contributed by atoms with E-state index >= 15 is 0 Å². The number of aldehydes is 1. The van der Waals surface area contributed by atoms with Gasteiger partial charge in [0.2, 0.25) is 0 Å². The lowest BCUT2D eigenvalue weighted by Gasteiger charge is -2.12. The molecule has 0 aliphatic rings. The average molecular weight is 371 g/mol. The van der Waals surface area contributed by atoms with Crippen LogP contribution in [0.4, 0.5) is 0 Å². The molecule has 27 heavy (non-hydrogen) atoms. The maximum Gasteiger partial charge on any atom is 0.489 e. The van der Waals surface area contributed by atoms with Crippen molar-refractivity contribution in [1.29, 1.82) is 0 Å². The van der Waals surface area contributed by atoms with Crippen LogP contribution in [-0.2, 0) is 4.79 Å². The zero-order valence-electron chi connectivity index (χ0n) is 15.1. The van der Waals surface area contributed by atoms with Crippen LogP contribution < -0.4 is 20.3 Å². The molecule has 142 valence electrons. The number of amides is 1. The van der Waals surface area contributed by atoms with Gasteiger partial charge in [-0.05, 0) is 42.6 Å². The van der Waals surface area contributed by atoms with Crippen molar-refractivity contribution in [2.75, 3.05) is 19.8 Å². The Hall–Kier alpha value is -2.84. The normalized spacial score (nSPS) is 10.2. The molecule has 0 aliphatic heterocycles. The lowest BCUT2D eigenvalue weighted by Crippen LogP contribution is -2.34. The third-order valence-corrected chi connectivity index (χ3v) is 3.76. The second-order valence-corrected chi connectivity index (χ2v) is 5.91. The van der Waals surface area contributed by atoms with Gasteiger partial charge in [-0.1, -0.05) is 24.3 Å². The third-order valence-electron chi connectivity index (χ3n) is 3.76. The van der Waals surface area contributed by atoms with Crippen molar-refractivity contribution in [3.8, 4) is 11.5 Å². The zero-order valence-corrected chi connectivity index (χ0v) is 15.1. The fraction of sp³-hybridized carbons (Fsp3) is 0.263. The molecule has 3 N–H and O–H groups in total. The van der Waals surface area contributed by atoms with Crippen molar-refractivity contribution >= 4 is 24.8 Å². The van der Waals surface area contributed by atoms with E-state index in [1.807, 2.05) is 31.2 Å². The van der Waals surface area contributed by atoms with Crippen LogP contribution in [0, 0.1) is 6.92 Å². The summed E-state index contributed by atoms with van der Waals surface area (Å²) in [4.78, 5) is 23.0. The van der Waals surface area contributed by atoms with Gasteiger partial charge in [-0.2, -0.15) is 0 Å². The van der Waals surface area contributed by atoms with E-state index in [0.29, 0.717) is 25.9 Å². The minimum atomic E-state index is -1.80. The Kier molecular flexibility index (Phi) is 7.85. The molecule has 0 fully saturated rings. The summed E-state index contributed by atoms with van der Waals surface area (Å²) >= 11 is 0. The first-order valence-electron chi connectivity index (χ1n) is 8.54. The molecule has 0 aromatic heterocycles. The molecule has 0 saturated heterocycles. The van der Waals surface area contributed by atoms with Crippen molar-refractivity contribution in [2.45, 2.75) is 13.3 Å². The molecular formula is C19H22BNO6. The number of aryl methyl sites for hydroxylation is 1. The molecule has 7 nitrogen and oxygen atoms in total. The Morgan fingerprint density at radius 1 is 1.19 bits per heavy atom. The van der Waals surface area contributed by atoms with Gasteiger partial charge in [0.15, 0.2) is 12.9 Å². The van der Waals surface area contributed by atoms with Crippen LogP contribution in [0.5, 0.6) is 11.5 Å².